The molecule has 1 atom stereocenters. The molecule has 2 saturated heterocycles. The summed E-state index contributed by atoms with van der Waals surface area (Å²) in [5, 5.41) is 11.0. The van der Waals surface area contributed by atoms with Crippen molar-refractivity contribution in [1.29, 1.82) is 0 Å². The van der Waals surface area contributed by atoms with Gasteiger partial charge in [-0.2, -0.15) is 0 Å². The normalized spacial score (nSPS) is 21.8. The summed E-state index contributed by atoms with van der Waals surface area (Å²) >= 11 is 0. The fourth-order valence-electron chi connectivity index (χ4n) is 5.37. The maximum atomic E-state index is 13.5. The van der Waals surface area contributed by atoms with Gasteiger partial charge in [0.05, 0.1) is 11.0 Å². The second kappa shape index (κ2) is 9.77. The number of nitrogens with zero attached hydrogens (tertiary/aromatic N) is 4. The van der Waals surface area contributed by atoms with Gasteiger partial charge in [0.1, 0.15) is 0 Å². The van der Waals surface area contributed by atoms with Gasteiger partial charge >= 0.3 is 0 Å². The van der Waals surface area contributed by atoms with E-state index in [0.717, 1.165) is 38.8 Å². The number of hydrogen-bond acceptors (Lipinski definition) is 5. The van der Waals surface area contributed by atoms with Crippen LogP contribution in [-0.4, -0.2) is 76.7 Å². The number of carbonyl (C=O) groups is 2. The molecule has 1 aliphatic carbocycles. The van der Waals surface area contributed by atoms with Crippen LogP contribution in [0.25, 0.3) is 0 Å². The van der Waals surface area contributed by atoms with Crippen LogP contribution in [0.15, 0.2) is 24.3 Å². The third-order valence-corrected chi connectivity index (χ3v) is 7.07. The number of likely N-dealkylation sites (tertiary alicyclic amines) is 1. The molecular formula is C23H32N4O4. The zero-order chi connectivity index (χ0) is 21.8. The summed E-state index contributed by atoms with van der Waals surface area (Å²) in [4.78, 5) is 43.0. The van der Waals surface area contributed by atoms with Gasteiger partial charge in [0.15, 0.2) is 0 Å². The Kier molecular flexibility index (Phi) is 6.85. The number of piperidine rings is 1. The van der Waals surface area contributed by atoms with Crippen LogP contribution in [0.1, 0.15) is 55.3 Å². The van der Waals surface area contributed by atoms with Crippen LogP contribution < -0.4 is 0 Å². The number of non-ortho nitro benzene ring substituents is 1. The summed E-state index contributed by atoms with van der Waals surface area (Å²) < 4.78 is 0. The minimum Gasteiger partial charge on any atom is -0.341 e. The van der Waals surface area contributed by atoms with Crippen LogP contribution in [0.3, 0.4) is 0 Å². The van der Waals surface area contributed by atoms with E-state index in [9.17, 15) is 19.7 Å². The molecule has 168 valence electrons. The fourth-order valence-corrected chi connectivity index (χ4v) is 5.37. The molecule has 1 unspecified atom stereocenters. The molecule has 1 aromatic carbocycles. The first-order valence-corrected chi connectivity index (χ1v) is 11.6. The molecule has 3 fully saturated rings. The van der Waals surface area contributed by atoms with E-state index in [1.165, 1.54) is 31.4 Å². The standard InChI is InChI=1S/C23H32N4O4/c28-22(19-9-6-10-20(17-19)27(30)31)26-15-13-24(14-16-26)21(18-7-2-3-8-18)23(29)25-11-4-1-5-12-25/h6,9-10,17-18,21H,1-5,7-8,11-16H2. The molecule has 1 aromatic rings. The maximum absolute atomic E-state index is 13.5. The average Bonchev–Trinajstić information content (AvgIpc) is 3.34. The van der Waals surface area contributed by atoms with E-state index in [4.69, 9.17) is 0 Å². The van der Waals surface area contributed by atoms with Gasteiger partial charge in [-0.25, -0.2) is 0 Å². The molecule has 8 nitrogen and oxygen atoms in total. The van der Waals surface area contributed by atoms with Gasteiger partial charge in [-0.15, -0.1) is 0 Å². The van der Waals surface area contributed by atoms with Crippen LogP contribution >= 0.6 is 0 Å². The summed E-state index contributed by atoms with van der Waals surface area (Å²) in [6.45, 7) is 4.15. The summed E-state index contributed by atoms with van der Waals surface area (Å²) in [5.41, 5.74) is 0.275. The lowest BCUT2D eigenvalue weighted by Gasteiger charge is -2.43. The third-order valence-electron chi connectivity index (χ3n) is 7.07. The predicted molar refractivity (Wildman–Crippen MR) is 117 cm³/mol. The van der Waals surface area contributed by atoms with E-state index in [1.54, 1.807) is 17.0 Å². The lowest BCUT2D eigenvalue weighted by Crippen LogP contribution is -2.59. The molecule has 0 spiro atoms. The Morgan fingerprint density at radius 2 is 1.58 bits per heavy atom. The van der Waals surface area contributed by atoms with Crippen molar-refractivity contribution >= 4 is 17.5 Å². The minimum atomic E-state index is -0.479. The number of nitro groups is 1. The predicted octanol–water partition coefficient (Wildman–Crippen LogP) is 2.92. The first kappa shape index (κ1) is 21.7. The van der Waals surface area contributed by atoms with Crippen molar-refractivity contribution in [3.63, 3.8) is 0 Å². The maximum Gasteiger partial charge on any atom is 0.270 e. The van der Waals surface area contributed by atoms with Crippen LogP contribution in [0.4, 0.5) is 5.69 Å². The van der Waals surface area contributed by atoms with E-state index < -0.39 is 4.92 Å². The number of piperazine rings is 1. The number of rotatable bonds is 5. The lowest BCUT2D eigenvalue weighted by molar-refractivity contribution is -0.384. The Labute approximate surface area is 183 Å². The molecule has 2 aliphatic heterocycles. The first-order valence-electron chi connectivity index (χ1n) is 11.6. The van der Waals surface area contributed by atoms with Crippen LogP contribution in [-0.2, 0) is 4.79 Å². The topological polar surface area (TPSA) is 87.0 Å². The van der Waals surface area contributed by atoms with Crippen molar-refractivity contribution in [2.75, 3.05) is 39.3 Å². The molecule has 4 rings (SSSR count). The second-order valence-electron chi connectivity index (χ2n) is 9.01. The highest BCUT2D eigenvalue weighted by atomic mass is 16.6. The minimum absolute atomic E-state index is 0.0714. The molecule has 2 heterocycles. The smallest absolute Gasteiger partial charge is 0.270 e. The Bertz CT molecular complexity index is 810. The Morgan fingerprint density at radius 1 is 0.903 bits per heavy atom. The molecule has 31 heavy (non-hydrogen) atoms. The van der Waals surface area contributed by atoms with Crippen molar-refractivity contribution in [2.45, 2.75) is 51.0 Å². The third kappa shape index (κ3) is 4.89. The number of hydrogen-bond donors (Lipinski definition) is 0. The van der Waals surface area contributed by atoms with Crippen molar-refractivity contribution in [1.82, 2.24) is 14.7 Å². The van der Waals surface area contributed by atoms with Gasteiger partial charge in [-0.3, -0.25) is 24.6 Å². The van der Waals surface area contributed by atoms with Gasteiger partial charge in [0, 0.05) is 57.0 Å². The van der Waals surface area contributed by atoms with Gasteiger partial charge < -0.3 is 9.80 Å². The van der Waals surface area contributed by atoms with E-state index in [-0.39, 0.29) is 23.5 Å². The van der Waals surface area contributed by atoms with Crippen molar-refractivity contribution < 1.29 is 14.5 Å². The van der Waals surface area contributed by atoms with E-state index in [2.05, 4.69) is 9.80 Å². The molecule has 0 N–H and O–H groups in total. The van der Waals surface area contributed by atoms with Gasteiger partial charge in [-0.1, -0.05) is 18.9 Å². The largest absolute Gasteiger partial charge is 0.341 e. The quantitative estimate of drug-likeness (QED) is 0.532. The molecule has 0 bridgehead atoms. The Morgan fingerprint density at radius 3 is 2.23 bits per heavy atom. The second-order valence-corrected chi connectivity index (χ2v) is 9.01. The Balaban J connectivity index is 1.42. The number of nitro benzene ring substituents is 1. The van der Waals surface area contributed by atoms with Gasteiger partial charge in [0.2, 0.25) is 5.91 Å². The van der Waals surface area contributed by atoms with Gasteiger partial charge in [0.25, 0.3) is 11.6 Å². The van der Waals surface area contributed by atoms with Crippen molar-refractivity contribution in [3.05, 3.63) is 39.9 Å². The van der Waals surface area contributed by atoms with Gasteiger partial charge in [-0.05, 0) is 44.1 Å². The molecule has 2 amide bonds. The molecule has 8 heteroatoms. The lowest BCUT2D eigenvalue weighted by atomic mass is 9.93. The highest BCUT2D eigenvalue weighted by molar-refractivity contribution is 5.95. The average molecular weight is 429 g/mol. The molecular weight excluding hydrogens is 396 g/mol. The summed E-state index contributed by atoms with van der Waals surface area (Å²) in [5.74, 6) is 0.515. The Hall–Kier alpha value is -2.48. The SMILES string of the molecule is O=C(c1cccc([N+](=O)[O-])c1)N1CCN(C(C(=O)N2CCCCC2)C2CCCC2)CC1. The van der Waals surface area contributed by atoms with Crippen LogP contribution in [0.2, 0.25) is 0 Å². The van der Waals surface area contributed by atoms with E-state index in [0.29, 0.717) is 37.7 Å². The molecule has 0 radical (unpaired) electrons. The summed E-state index contributed by atoms with van der Waals surface area (Å²) in [7, 11) is 0. The highest BCUT2D eigenvalue weighted by Gasteiger charge is 2.39. The van der Waals surface area contributed by atoms with Crippen molar-refractivity contribution in [2.24, 2.45) is 5.92 Å². The first-order chi connectivity index (χ1) is 15.0. The highest BCUT2D eigenvalue weighted by Crippen LogP contribution is 2.32. The van der Waals surface area contributed by atoms with E-state index in [1.807, 2.05) is 0 Å². The summed E-state index contributed by atoms with van der Waals surface area (Å²) in [6.07, 6.45) is 7.99. The number of amides is 2. The van der Waals surface area contributed by atoms with Crippen LogP contribution in [0, 0.1) is 16.0 Å². The molecule has 3 aliphatic rings. The zero-order valence-electron chi connectivity index (χ0n) is 18.1. The molecule has 1 saturated carbocycles. The number of benzene rings is 1. The van der Waals surface area contributed by atoms with E-state index >= 15 is 0 Å². The summed E-state index contributed by atoms with van der Waals surface area (Å²) in [6, 6.07) is 5.84. The fraction of sp³-hybridized carbons (Fsp3) is 0.652. The van der Waals surface area contributed by atoms with Crippen molar-refractivity contribution in [3.8, 4) is 0 Å². The van der Waals surface area contributed by atoms with Crippen LogP contribution in [0.5, 0.6) is 0 Å². The number of carbonyl (C=O) groups excluding carboxylic acids is 2. The monoisotopic (exact) mass is 428 g/mol. The molecule has 0 aromatic heterocycles. The zero-order valence-corrected chi connectivity index (χ0v) is 18.1.